The summed E-state index contributed by atoms with van der Waals surface area (Å²) in [6, 6.07) is 12.1. The molecular weight excluding hydrogens is 404 g/mol. The van der Waals surface area contributed by atoms with Gasteiger partial charge in [0.25, 0.3) is 0 Å². The van der Waals surface area contributed by atoms with Gasteiger partial charge in [-0.05, 0) is 35.2 Å². The number of carbonyl (C=O) groups is 2. The van der Waals surface area contributed by atoms with Crippen molar-refractivity contribution in [1.82, 2.24) is 4.98 Å². The van der Waals surface area contributed by atoms with E-state index in [0.717, 1.165) is 22.5 Å². The van der Waals surface area contributed by atoms with E-state index in [2.05, 4.69) is 4.98 Å². The molecule has 0 unspecified atom stereocenters. The first-order valence-corrected chi connectivity index (χ1v) is 10.2. The molecule has 4 rings (SSSR count). The third-order valence-electron chi connectivity index (χ3n) is 5.27. The minimum Gasteiger partial charge on any atom is -0.493 e. The molecule has 30 heavy (non-hydrogen) atoms. The second-order valence-corrected chi connectivity index (χ2v) is 8.97. The Labute approximate surface area is 176 Å². The average molecular weight is 424 g/mol. The maximum Gasteiger partial charge on any atom is 0.335 e. The van der Waals surface area contributed by atoms with Crippen molar-refractivity contribution in [2.75, 3.05) is 4.90 Å². The van der Waals surface area contributed by atoms with Gasteiger partial charge in [-0.3, -0.25) is 14.6 Å². The number of aromatic amines is 1. The zero-order chi connectivity index (χ0) is 21.6. The molecule has 0 fully saturated rings. The molecule has 0 saturated heterocycles. The molecule has 3 aromatic rings. The van der Waals surface area contributed by atoms with Crippen LogP contribution in [0.15, 0.2) is 47.3 Å². The molecule has 0 aliphatic carbocycles. The SMILES string of the molecule is CC1(C)Cc2ccc(C(=O)O)cc2N(Cc2ccc(-c3sc(=O)[nH]c3O)cc2)C1=O. The Morgan fingerprint density at radius 2 is 1.87 bits per heavy atom. The summed E-state index contributed by atoms with van der Waals surface area (Å²) >= 11 is 0.923. The van der Waals surface area contributed by atoms with Crippen molar-refractivity contribution in [3.05, 3.63) is 68.8 Å². The van der Waals surface area contributed by atoms with Gasteiger partial charge in [0, 0.05) is 11.1 Å². The number of hydrogen-bond donors (Lipinski definition) is 3. The summed E-state index contributed by atoms with van der Waals surface area (Å²) in [7, 11) is 0. The van der Waals surface area contributed by atoms with E-state index in [9.17, 15) is 24.6 Å². The number of benzene rings is 2. The summed E-state index contributed by atoms with van der Waals surface area (Å²) in [4.78, 5) is 40.1. The summed E-state index contributed by atoms with van der Waals surface area (Å²) < 4.78 is 0. The van der Waals surface area contributed by atoms with E-state index in [0.29, 0.717) is 22.5 Å². The first-order chi connectivity index (χ1) is 14.2. The number of nitrogens with zero attached hydrogens (tertiary/aromatic N) is 1. The van der Waals surface area contributed by atoms with Gasteiger partial charge in [0.1, 0.15) is 0 Å². The molecule has 1 aromatic heterocycles. The highest BCUT2D eigenvalue weighted by Gasteiger charge is 2.39. The molecule has 154 valence electrons. The van der Waals surface area contributed by atoms with Gasteiger partial charge in [-0.25, -0.2) is 4.79 Å². The number of H-pyrrole nitrogens is 1. The summed E-state index contributed by atoms with van der Waals surface area (Å²) in [5.74, 6) is -1.27. The van der Waals surface area contributed by atoms with Crippen LogP contribution in [0.1, 0.15) is 35.3 Å². The minimum atomic E-state index is -1.04. The molecule has 3 N–H and O–H groups in total. The number of carboxylic acids is 1. The minimum absolute atomic E-state index is 0.0666. The maximum atomic E-state index is 13.1. The van der Waals surface area contributed by atoms with Crippen LogP contribution in [0.5, 0.6) is 5.88 Å². The number of aromatic hydroxyl groups is 1. The molecule has 0 spiro atoms. The van der Waals surface area contributed by atoms with E-state index in [4.69, 9.17) is 0 Å². The summed E-state index contributed by atoms with van der Waals surface area (Å²) in [5.41, 5.74) is 2.63. The molecule has 1 amide bonds. The second-order valence-electron chi connectivity index (χ2n) is 7.99. The number of aromatic carboxylic acids is 1. The Hall–Kier alpha value is -3.39. The van der Waals surface area contributed by atoms with Gasteiger partial charge in [0.15, 0.2) is 0 Å². The quantitative estimate of drug-likeness (QED) is 0.592. The molecular formula is C22H20N2O5S. The number of carboxylic acid groups (broad SMARTS) is 1. The van der Waals surface area contributed by atoms with Gasteiger partial charge in [0.2, 0.25) is 11.8 Å². The number of amides is 1. The van der Waals surface area contributed by atoms with Crippen molar-refractivity contribution in [2.45, 2.75) is 26.8 Å². The number of carbonyl (C=O) groups excluding carboxylic acids is 1. The lowest BCUT2D eigenvalue weighted by atomic mass is 9.79. The molecule has 0 saturated carbocycles. The number of rotatable bonds is 4. The Morgan fingerprint density at radius 1 is 1.17 bits per heavy atom. The summed E-state index contributed by atoms with van der Waals surface area (Å²) in [5, 5.41) is 19.2. The standard InChI is InChI=1S/C22H20N2O5S/c1-22(2)10-15-8-7-14(19(26)27)9-16(15)24(20(22)28)11-12-3-5-13(6-4-12)17-18(25)23-21(29)30-17/h3-9,25H,10-11H2,1-2H3,(H,23,29)(H,26,27). The third-order valence-corrected chi connectivity index (χ3v) is 6.19. The van der Waals surface area contributed by atoms with Crippen molar-refractivity contribution >= 4 is 28.9 Å². The first kappa shape index (κ1) is 19.9. The van der Waals surface area contributed by atoms with Gasteiger partial charge < -0.3 is 15.1 Å². The van der Waals surface area contributed by atoms with Crippen LogP contribution < -0.4 is 9.77 Å². The fourth-order valence-corrected chi connectivity index (χ4v) is 4.48. The van der Waals surface area contributed by atoms with E-state index in [-0.39, 0.29) is 28.8 Å². The van der Waals surface area contributed by atoms with Crippen LogP contribution in [-0.4, -0.2) is 27.1 Å². The van der Waals surface area contributed by atoms with Crippen molar-refractivity contribution in [1.29, 1.82) is 0 Å². The van der Waals surface area contributed by atoms with Crippen LogP contribution in [-0.2, 0) is 17.8 Å². The van der Waals surface area contributed by atoms with Crippen molar-refractivity contribution in [3.8, 4) is 16.3 Å². The molecule has 0 atom stereocenters. The van der Waals surface area contributed by atoms with Crippen LogP contribution in [0.25, 0.3) is 10.4 Å². The number of hydrogen-bond acceptors (Lipinski definition) is 5. The van der Waals surface area contributed by atoms with Crippen LogP contribution in [0.2, 0.25) is 0 Å². The van der Waals surface area contributed by atoms with Crippen LogP contribution >= 0.6 is 11.3 Å². The maximum absolute atomic E-state index is 13.1. The molecule has 2 heterocycles. The van der Waals surface area contributed by atoms with Crippen molar-refractivity contribution < 1.29 is 19.8 Å². The van der Waals surface area contributed by atoms with Gasteiger partial charge in [-0.2, -0.15) is 0 Å². The predicted molar refractivity (Wildman–Crippen MR) is 114 cm³/mol. The highest BCUT2D eigenvalue weighted by atomic mass is 32.1. The number of anilines is 1. The zero-order valence-corrected chi connectivity index (χ0v) is 17.2. The number of thiazole rings is 1. The van der Waals surface area contributed by atoms with Gasteiger partial charge in [0.05, 0.1) is 17.0 Å². The molecule has 1 aliphatic heterocycles. The third kappa shape index (κ3) is 3.50. The highest BCUT2D eigenvalue weighted by Crippen LogP contribution is 2.39. The van der Waals surface area contributed by atoms with Crippen LogP contribution in [0.4, 0.5) is 5.69 Å². The lowest BCUT2D eigenvalue weighted by Crippen LogP contribution is -2.46. The van der Waals surface area contributed by atoms with E-state index < -0.39 is 11.4 Å². The van der Waals surface area contributed by atoms with Gasteiger partial charge >= 0.3 is 10.8 Å². The zero-order valence-electron chi connectivity index (χ0n) is 16.4. The Balaban J connectivity index is 1.69. The number of fused-ring (bicyclic) bond motifs is 1. The number of aromatic nitrogens is 1. The molecule has 8 heteroatoms. The first-order valence-electron chi connectivity index (χ1n) is 9.35. The summed E-state index contributed by atoms with van der Waals surface area (Å²) in [6.45, 7) is 4.06. The Morgan fingerprint density at radius 3 is 2.47 bits per heavy atom. The largest absolute Gasteiger partial charge is 0.493 e. The average Bonchev–Trinajstić information content (AvgIpc) is 3.03. The van der Waals surface area contributed by atoms with Crippen LogP contribution in [0.3, 0.4) is 0 Å². The van der Waals surface area contributed by atoms with Crippen molar-refractivity contribution in [3.63, 3.8) is 0 Å². The number of nitrogens with one attached hydrogen (secondary N) is 1. The highest BCUT2D eigenvalue weighted by molar-refractivity contribution is 7.13. The monoisotopic (exact) mass is 424 g/mol. The fourth-order valence-electron chi connectivity index (χ4n) is 3.74. The van der Waals surface area contributed by atoms with E-state index in [1.165, 1.54) is 0 Å². The molecule has 2 aromatic carbocycles. The molecule has 0 radical (unpaired) electrons. The Bertz CT molecular complexity index is 1210. The smallest absolute Gasteiger partial charge is 0.335 e. The van der Waals surface area contributed by atoms with E-state index in [1.54, 1.807) is 35.2 Å². The molecule has 7 nitrogen and oxygen atoms in total. The van der Waals surface area contributed by atoms with Gasteiger partial charge in [-0.1, -0.05) is 55.5 Å². The normalized spacial score (nSPS) is 15.1. The lowest BCUT2D eigenvalue weighted by molar-refractivity contribution is -0.127. The lowest BCUT2D eigenvalue weighted by Gasteiger charge is -2.39. The van der Waals surface area contributed by atoms with E-state index >= 15 is 0 Å². The van der Waals surface area contributed by atoms with Crippen LogP contribution in [0, 0.1) is 5.41 Å². The van der Waals surface area contributed by atoms with Gasteiger partial charge in [-0.15, -0.1) is 0 Å². The Kier molecular flexibility index (Phi) is 4.74. The van der Waals surface area contributed by atoms with Crippen molar-refractivity contribution in [2.24, 2.45) is 5.41 Å². The predicted octanol–water partition coefficient (Wildman–Crippen LogP) is 3.62. The fraction of sp³-hybridized carbons (Fsp3) is 0.227. The second kappa shape index (κ2) is 7.14. The molecule has 0 bridgehead atoms. The van der Waals surface area contributed by atoms with E-state index in [1.807, 2.05) is 26.0 Å². The molecule has 1 aliphatic rings. The topological polar surface area (TPSA) is 111 Å². The summed E-state index contributed by atoms with van der Waals surface area (Å²) in [6.07, 6.45) is 0.544.